The molecule has 0 radical (unpaired) electrons. The zero-order valence-corrected chi connectivity index (χ0v) is 11.4. The third-order valence-electron chi connectivity index (χ3n) is 2.76. The summed E-state index contributed by atoms with van der Waals surface area (Å²) in [6.45, 7) is 1.95. The third kappa shape index (κ3) is 3.67. The fourth-order valence-electron chi connectivity index (χ4n) is 1.77. The Balaban J connectivity index is 1.87. The molecule has 7 nitrogen and oxygen atoms in total. The van der Waals surface area contributed by atoms with Crippen molar-refractivity contribution in [3.63, 3.8) is 0 Å². The largest absolute Gasteiger partial charge is 0.472 e. The van der Waals surface area contributed by atoms with Gasteiger partial charge in [-0.2, -0.15) is 4.98 Å². The van der Waals surface area contributed by atoms with Crippen LogP contribution in [0.15, 0.2) is 27.5 Å². The van der Waals surface area contributed by atoms with Gasteiger partial charge in [0.25, 0.3) is 0 Å². The molecule has 0 saturated carbocycles. The number of rotatable bonds is 6. The molecule has 0 aliphatic rings. The van der Waals surface area contributed by atoms with Gasteiger partial charge in [0, 0.05) is 26.4 Å². The lowest BCUT2D eigenvalue weighted by Gasteiger charge is -2.18. The van der Waals surface area contributed by atoms with Crippen molar-refractivity contribution < 1.29 is 18.8 Å². The Bertz CT molecular complexity index is 548. The molecule has 0 fully saturated rings. The van der Waals surface area contributed by atoms with Gasteiger partial charge in [-0.05, 0) is 13.0 Å². The molecule has 2 heterocycles. The molecule has 1 amide bonds. The highest BCUT2D eigenvalue weighted by Gasteiger charge is 2.14. The molecule has 1 atom stereocenters. The predicted molar refractivity (Wildman–Crippen MR) is 69.6 cm³/mol. The molecule has 2 rings (SSSR count). The Morgan fingerprint density at radius 1 is 1.55 bits per heavy atom. The van der Waals surface area contributed by atoms with E-state index in [1.165, 1.54) is 17.4 Å². The molecular formula is C13H17N3O4. The van der Waals surface area contributed by atoms with Crippen molar-refractivity contribution in [2.45, 2.75) is 25.9 Å². The van der Waals surface area contributed by atoms with Gasteiger partial charge in [-0.25, -0.2) is 0 Å². The maximum absolute atomic E-state index is 11.8. The van der Waals surface area contributed by atoms with Crippen molar-refractivity contribution in [1.29, 1.82) is 0 Å². The molecule has 1 N–H and O–H groups in total. The second kappa shape index (κ2) is 6.33. The van der Waals surface area contributed by atoms with Gasteiger partial charge in [-0.1, -0.05) is 5.16 Å². The molecule has 0 saturated heterocycles. The summed E-state index contributed by atoms with van der Waals surface area (Å²) < 4.78 is 10.0. The maximum atomic E-state index is 11.8. The molecule has 0 aromatic carbocycles. The maximum Gasteiger partial charge on any atom is 0.227 e. The van der Waals surface area contributed by atoms with Crippen LogP contribution in [0.3, 0.4) is 0 Å². The van der Waals surface area contributed by atoms with E-state index < -0.39 is 6.10 Å². The van der Waals surface area contributed by atoms with E-state index in [-0.39, 0.29) is 12.3 Å². The summed E-state index contributed by atoms with van der Waals surface area (Å²) in [5.41, 5.74) is 0.734. The van der Waals surface area contributed by atoms with Gasteiger partial charge in [0.1, 0.15) is 6.26 Å². The molecular weight excluding hydrogens is 262 g/mol. The number of furan rings is 1. The topological polar surface area (TPSA) is 92.6 Å². The molecule has 2 aromatic rings. The highest BCUT2D eigenvalue weighted by Crippen LogP contribution is 2.16. The second-order valence-electron chi connectivity index (χ2n) is 4.65. The Morgan fingerprint density at radius 2 is 2.35 bits per heavy atom. The van der Waals surface area contributed by atoms with Crippen LogP contribution in [0, 0.1) is 0 Å². The fourth-order valence-corrected chi connectivity index (χ4v) is 1.77. The summed E-state index contributed by atoms with van der Waals surface area (Å²) in [7, 11) is 1.65. The minimum atomic E-state index is -0.542. The van der Waals surface area contributed by atoms with E-state index in [4.69, 9.17) is 8.94 Å². The van der Waals surface area contributed by atoms with Crippen molar-refractivity contribution in [1.82, 2.24) is 15.0 Å². The minimum Gasteiger partial charge on any atom is -0.472 e. The number of hydrogen-bond donors (Lipinski definition) is 1. The Morgan fingerprint density at radius 3 is 3.00 bits per heavy atom. The highest BCUT2D eigenvalue weighted by molar-refractivity contribution is 5.76. The summed E-state index contributed by atoms with van der Waals surface area (Å²) in [5.74, 6) is 0.771. The van der Waals surface area contributed by atoms with Gasteiger partial charge >= 0.3 is 0 Å². The number of amides is 1. The van der Waals surface area contributed by atoms with Crippen LogP contribution in [-0.2, 0) is 11.2 Å². The minimum absolute atomic E-state index is 0.0750. The average Bonchev–Trinajstić information content (AvgIpc) is 3.05. The summed E-state index contributed by atoms with van der Waals surface area (Å²) >= 11 is 0. The van der Waals surface area contributed by atoms with Crippen LogP contribution in [0.2, 0.25) is 0 Å². The second-order valence-corrected chi connectivity index (χ2v) is 4.65. The highest BCUT2D eigenvalue weighted by atomic mass is 16.5. The van der Waals surface area contributed by atoms with Crippen LogP contribution in [-0.4, -0.2) is 45.8 Å². The Kier molecular flexibility index (Phi) is 4.52. The lowest BCUT2D eigenvalue weighted by Crippen LogP contribution is -2.33. The van der Waals surface area contributed by atoms with Crippen LogP contribution < -0.4 is 0 Å². The van der Waals surface area contributed by atoms with Gasteiger partial charge in [0.2, 0.25) is 17.6 Å². The third-order valence-corrected chi connectivity index (χ3v) is 2.76. The predicted octanol–water partition coefficient (Wildman–Crippen LogP) is 1.10. The molecule has 7 heteroatoms. The number of aromatic nitrogens is 2. The van der Waals surface area contributed by atoms with Crippen LogP contribution in [0.5, 0.6) is 0 Å². The van der Waals surface area contributed by atoms with Crippen molar-refractivity contribution in [3.8, 4) is 11.4 Å². The molecule has 0 aliphatic heterocycles. The number of hydrogen-bond acceptors (Lipinski definition) is 6. The van der Waals surface area contributed by atoms with E-state index in [9.17, 15) is 9.90 Å². The molecule has 1 unspecified atom stereocenters. The lowest BCUT2D eigenvalue weighted by molar-refractivity contribution is -0.131. The number of aliphatic hydroxyl groups excluding tert-OH is 1. The normalized spacial score (nSPS) is 12.3. The van der Waals surface area contributed by atoms with Crippen molar-refractivity contribution in [2.75, 3.05) is 13.6 Å². The van der Waals surface area contributed by atoms with Crippen LogP contribution in [0.25, 0.3) is 11.4 Å². The fraction of sp³-hybridized carbons (Fsp3) is 0.462. The first-order valence-corrected chi connectivity index (χ1v) is 6.33. The van der Waals surface area contributed by atoms with Crippen LogP contribution >= 0.6 is 0 Å². The van der Waals surface area contributed by atoms with E-state index in [0.717, 1.165) is 5.56 Å². The molecule has 2 aromatic heterocycles. The first kappa shape index (κ1) is 14.3. The number of aryl methyl sites for hydroxylation is 1. The number of aliphatic hydroxyl groups is 1. The number of carbonyl (C=O) groups is 1. The summed E-state index contributed by atoms with van der Waals surface area (Å²) in [5, 5.41) is 13.0. The standard InChI is InChI=1S/C13H17N3O4/c1-9(17)7-16(2)12(18)4-3-11-14-13(15-20-11)10-5-6-19-8-10/h5-6,8-9,17H,3-4,7H2,1-2H3. The van der Waals surface area contributed by atoms with Gasteiger partial charge in [-0.3, -0.25) is 4.79 Å². The smallest absolute Gasteiger partial charge is 0.227 e. The number of likely N-dealkylation sites (N-methyl/N-ethyl adjacent to an activating group) is 1. The van der Waals surface area contributed by atoms with Crippen molar-refractivity contribution >= 4 is 5.91 Å². The summed E-state index contributed by atoms with van der Waals surface area (Å²) in [6.07, 6.45) is 3.14. The first-order valence-electron chi connectivity index (χ1n) is 6.33. The molecule has 0 bridgehead atoms. The van der Waals surface area contributed by atoms with Crippen molar-refractivity contribution in [3.05, 3.63) is 24.5 Å². The van der Waals surface area contributed by atoms with E-state index in [2.05, 4.69) is 10.1 Å². The van der Waals surface area contributed by atoms with Crippen LogP contribution in [0.1, 0.15) is 19.2 Å². The zero-order valence-electron chi connectivity index (χ0n) is 11.4. The summed E-state index contributed by atoms with van der Waals surface area (Å²) in [6, 6.07) is 1.73. The molecule has 20 heavy (non-hydrogen) atoms. The van der Waals surface area contributed by atoms with Gasteiger partial charge in [0.15, 0.2) is 0 Å². The molecule has 0 aliphatic carbocycles. The number of carbonyl (C=O) groups excluding carboxylic acids is 1. The van der Waals surface area contributed by atoms with Crippen molar-refractivity contribution in [2.24, 2.45) is 0 Å². The molecule has 0 spiro atoms. The monoisotopic (exact) mass is 279 g/mol. The SMILES string of the molecule is CC(O)CN(C)C(=O)CCc1nc(-c2ccoc2)no1. The van der Waals surface area contributed by atoms with E-state index >= 15 is 0 Å². The van der Waals surface area contributed by atoms with Gasteiger partial charge in [-0.15, -0.1) is 0 Å². The quantitative estimate of drug-likeness (QED) is 0.851. The number of nitrogens with zero attached hydrogens (tertiary/aromatic N) is 3. The van der Waals surface area contributed by atoms with Gasteiger partial charge < -0.3 is 18.9 Å². The van der Waals surface area contributed by atoms with E-state index in [1.807, 2.05) is 0 Å². The average molecular weight is 279 g/mol. The van der Waals surface area contributed by atoms with E-state index in [1.54, 1.807) is 20.0 Å². The first-order chi connectivity index (χ1) is 9.56. The zero-order chi connectivity index (χ0) is 14.5. The Labute approximate surface area is 116 Å². The van der Waals surface area contributed by atoms with Gasteiger partial charge in [0.05, 0.1) is 17.9 Å². The Hall–Kier alpha value is -2.15. The van der Waals surface area contributed by atoms with E-state index in [0.29, 0.717) is 24.7 Å². The summed E-state index contributed by atoms with van der Waals surface area (Å²) in [4.78, 5) is 17.5. The van der Waals surface area contributed by atoms with Crippen LogP contribution in [0.4, 0.5) is 0 Å². The molecule has 108 valence electrons. The lowest BCUT2D eigenvalue weighted by atomic mass is 10.2.